The molecule has 3 rings (SSSR count). The molecule has 0 aliphatic rings. The molecule has 3 heteroatoms. The summed E-state index contributed by atoms with van der Waals surface area (Å²) >= 11 is 0. The van der Waals surface area contributed by atoms with E-state index in [-0.39, 0.29) is 0 Å². The number of ether oxygens (including phenoxy) is 1. The Balaban J connectivity index is 1.78. The number of rotatable bonds is 3. The van der Waals surface area contributed by atoms with E-state index in [1.54, 1.807) is 0 Å². The highest BCUT2D eigenvalue weighted by atomic mass is 16.5. The van der Waals surface area contributed by atoms with Crippen LogP contribution in [0.15, 0.2) is 48.8 Å². The minimum atomic E-state index is 0.492. The number of aromatic nitrogens is 2. The SMILES string of the molecule is Cc1ccc(OCc2cn3ccccc3n2)c(C)c1. The van der Waals surface area contributed by atoms with E-state index < -0.39 is 0 Å². The zero-order valence-corrected chi connectivity index (χ0v) is 11.1. The first-order valence-electron chi connectivity index (χ1n) is 6.35. The van der Waals surface area contributed by atoms with Gasteiger partial charge in [-0.3, -0.25) is 0 Å². The van der Waals surface area contributed by atoms with Gasteiger partial charge in [0.15, 0.2) is 0 Å². The molecule has 3 nitrogen and oxygen atoms in total. The maximum Gasteiger partial charge on any atom is 0.137 e. The number of hydrogen-bond acceptors (Lipinski definition) is 2. The predicted molar refractivity (Wildman–Crippen MR) is 75.4 cm³/mol. The molecule has 0 unspecified atom stereocenters. The van der Waals surface area contributed by atoms with Gasteiger partial charge in [0.1, 0.15) is 18.0 Å². The van der Waals surface area contributed by atoms with Gasteiger partial charge in [-0.05, 0) is 37.6 Å². The average molecular weight is 252 g/mol. The van der Waals surface area contributed by atoms with Crippen molar-refractivity contribution in [1.82, 2.24) is 9.38 Å². The van der Waals surface area contributed by atoms with Crippen LogP contribution in [0.2, 0.25) is 0 Å². The van der Waals surface area contributed by atoms with Crippen molar-refractivity contribution < 1.29 is 4.74 Å². The van der Waals surface area contributed by atoms with Gasteiger partial charge in [-0.1, -0.05) is 23.8 Å². The number of hydrogen-bond donors (Lipinski definition) is 0. The molecule has 0 saturated carbocycles. The van der Waals surface area contributed by atoms with E-state index in [2.05, 4.69) is 31.0 Å². The van der Waals surface area contributed by atoms with Crippen molar-refractivity contribution in [3.05, 3.63) is 65.6 Å². The smallest absolute Gasteiger partial charge is 0.137 e. The van der Waals surface area contributed by atoms with Crippen LogP contribution < -0.4 is 4.74 Å². The second kappa shape index (κ2) is 4.76. The number of pyridine rings is 1. The Morgan fingerprint density at radius 3 is 2.84 bits per heavy atom. The highest BCUT2D eigenvalue weighted by Crippen LogP contribution is 2.20. The van der Waals surface area contributed by atoms with Gasteiger partial charge in [0.25, 0.3) is 0 Å². The van der Waals surface area contributed by atoms with E-state index in [0.717, 1.165) is 22.7 Å². The quantitative estimate of drug-likeness (QED) is 0.713. The van der Waals surface area contributed by atoms with Gasteiger partial charge in [-0.15, -0.1) is 0 Å². The Morgan fingerprint density at radius 2 is 2.05 bits per heavy atom. The molecule has 0 bridgehead atoms. The summed E-state index contributed by atoms with van der Waals surface area (Å²) in [5.74, 6) is 0.919. The molecule has 2 aromatic heterocycles. The summed E-state index contributed by atoms with van der Waals surface area (Å²) in [5, 5.41) is 0. The molecule has 0 aliphatic carbocycles. The summed E-state index contributed by atoms with van der Waals surface area (Å²) in [6.45, 7) is 4.64. The van der Waals surface area contributed by atoms with E-state index in [4.69, 9.17) is 4.74 Å². The standard InChI is InChI=1S/C16H16N2O/c1-12-6-7-15(13(2)9-12)19-11-14-10-18-8-4-3-5-16(18)17-14/h3-10H,11H2,1-2H3. The largest absolute Gasteiger partial charge is 0.487 e. The number of imidazole rings is 1. The lowest BCUT2D eigenvalue weighted by molar-refractivity contribution is 0.300. The zero-order chi connectivity index (χ0) is 13.2. The normalized spacial score (nSPS) is 10.8. The van der Waals surface area contributed by atoms with Gasteiger partial charge in [0, 0.05) is 12.4 Å². The van der Waals surface area contributed by atoms with E-state index in [9.17, 15) is 0 Å². The van der Waals surface area contributed by atoms with Crippen LogP contribution in [0.25, 0.3) is 5.65 Å². The monoisotopic (exact) mass is 252 g/mol. The molecule has 2 heterocycles. The van der Waals surface area contributed by atoms with Crippen LogP contribution in [0, 0.1) is 13.8 Å². The Labute approximate surface area is 112 Å². The van der Waals surface area contributed by atoms with Crippen LogP contribution in [-0.4, -0.2) is 9.38 Å². The van der Waals surface area contributed by atoms with Crippen molar-refractivity contribution in [3.8, 4) is 5.75 Å². The molecule has 0 aliphatic heterocycles. The van der Waals surface area contributed by atoms with Crippen LogP contribution in [0.4, 0.5) is 0 Å². The predicted octanol–water partition coefficient (Wildman–Crippen LogP) is 3.53. The van der Waals surface area contributed by atoms with Crippen molar-refractivity contribution >= 4 is 5.65 Å². The summed E-state index contributed by atoms with van der Waals surface area (Å²) < 4.78 is 7.83. The highest BCUT2D eigenvalue weighted by molar-refractivity contribution is 5.39. The Hall–Kier alpha value is -2.29. The molecule has 0 spiro atoms. The van der Waals surface area contributed by atoms with Crippen molar-refractivity contribution in [3.63, 3.8) is 0 Å². The molecule has 3 aromatic rings. The van der Waals surface area contributed by atoms with E-state index in [0.29, 0.717) is 6.61 Å². The summed E-state index contributed by atoms with van der Waals surface area (Å²) in [6.07, 6.45) is 3.99. The maximum atomic E-state index is 5.83. The first-order valence-corrected chi connectivity index (χ1v) is 6.35. The Bertz CT molecular complexity index is 683. The van der Waals surface area contributed by atoms with Gasteiger partial charge >= 0.3 is 0 Å². The van der Waals surface area contributed by atoms with Crippen LogP contribution >= 0.6 is 0 Å². The first-order chi connectivity index (χ1) is 9.22. The molecule has 0 fully saturated rings. The third-order valence-corrected chi connectivity index (χ3v) is 3.12. The summed E-state index contributed by atoms with van der Waals surface area (Å²) in [7, 11) is 0. The minimum absolute atomic E-state index is 0.492. The number of fused-ring (bicyclic) bond motifs is 1. The van der Waals surface area contributed by atoms with E-state index >= 15 is 0 Å². The maximum absolute atomic E-state index is 5.83. The minimum Gasteiger partial charge on any atom is -0.487 e. The number of benzene rings is 1. The van der Waals surface area contributed by atoms with Gasteiger partial charge in [-0.25, -0.2) is 4.98 Å². The fourth-order valence-corrected chi connectivity index (χ4v) is 2.17. The van der Waals surface area contributed by atoms with E-state index in [1.807, 2.05) is 41.1 Å². The van der Waals surface area contributed by atoms with Crippen molar-refractivity contribution in [2.45, 2.75) is 20.5 Å². The van der Waals surface area contributed by atoms with Crippen LogP contribution in [0.1, 0.15) is 16.8 Å². The molecule has 0 amide bonds. The van der Waals surface area contributed by atoms with Crippen molar-refractivity contribution in [2.75, 3.05) is 0 Å². The molecule has 0 saturated heterocycles. The molecule has 0 radical (unpaired) electrons. The summed E-state index contributed by atoms with van der Waals surface area (Å²) in [4.78, 5) is 4.51. The lowest BCUT2D eigenvalue weighted by atomic mass is 10.1. The molecule has 0 N–H and O–H groups in total. The molecule has 1 aromatic carbocycles. The lowest BCUT2D eigenvalue weighted by Crippen LogP contribution is -1.97. The molecular weight excluding hydrogens is 236 g/mol. The lowest BCUT2D eigenvalue weighted by Gasteiger charge is -2.08. The van der Waals surface area contributed by atoms with Crippen LogP contribution in [0.3, 0.4) is 0 Å². The second-order valence-corrected chi connectivity index (χ2v) is 4.76. The Kier molecular flexibility index (Phi) is 2.95. The topological polar surface area (TPSA) is 26.5 Å². The fourth-order valence-electron chi connectivity index (χ4n) is 2.17. The first kappa shape index (κ1) is 11.8. The Morgan fingerprint density at radius 1 is 1.16 bits per heavy atom. The average Bonchev–Trinajstić information content (AvgIpc) is 2.80. The van der Waals surface area contributed by atoms with Crippen LogP contribution in [-0.2, 0) is 6.61 Å². The third-order valence-electron chi connectivity index (χ3n) is 3.12. The van der Waals surface area contributed by atoms with E-state index in [1.165, 1.54) is 5.56 Å². The second-order valence-electron chi connectivity index (χ2n) is 4.76. The van der Waals surface area contributed by atoms with Gasteiger partial charge in [-0.2, -0.15) is 0 Å². The van der Waals surface area contributed by atoms with Gasteiger partial charge in [0.2, 0.25) is 0 Å². The van der Waals surface area contributed by atoms with Gasteiger partial charge < -0.3 is 9.14 Å². The summed E-state index contributed by atoms with van der Waals surface area (Å²) in [6, 6.07) is 12.2. The fraction of sp³-hybridized carbons (Fsp3) is 0.188. The van der Waals surface area contributed by atoms with Crippen LogP contribution in [0.5, 0.6) is 5.75 Å². The number of nitrogens with zero attached hydrogens (tertiary/aromatic N) is 2. The zero-order valence-electron chi connectivity index (χ0n) is 11.1. The molecule has 0 atom stereocenters. The number of aryl methyl sites for hydroxylation is 2. The van der Waals surface area contributed by atoms with Gasteiger partial charge in [0.05, 0.1) is 5.69 Å². The van der Waals surface area contributed by atoms with Crippen molar-refractivity contribution in [1.29, 1.82) is 0 Å². The third kappa shape index (κ3) is 2.45. The molecular formula is C16H16N2O. The van der Waals surface area contributed by atoms with Crippen molar-refractivity contribution in [2.24, 2.45) is 0 Å². The highest BCUT2D eigenvalue weighted by Gasteiger charge is 2.04. The summed E-state index contributed by atoms with van der Waals surface area (Å²) in [5.41, 5.74) is 4.29. The molecule has 96 valence electrons. The molecule has 19 heavy (non-hydrogen) atoms.